The van der Waals surface area contributed by atoms with Crippen LogP contribution in [0.1, 0.15) is 22.3 Å². The maximum Gasteiger partial charge on any atom is 0.311 e. The van der Waals surface area contributed by atoms with Gasteiger partial charge in [-0.25, -0.2) is 0 Å². The first-order valence-corrected chi connectivity index (χ1v) is 9.25. The van der Waals surface area contributed by atoms with E-state index in [4.69, 9.17) is 0 Å². The van der Waals surface area contributed by atoms with Crippen LogP contribution in [0.3, 0.4) is 0 Å². The van der Waals surface area contributed by atoms with E-state index in [1.807, 2.05) is 12.1 Å². The Balaban J connectivity index is 1.67. The van der Waals surface area contributed by atoms with Crippen LogP contribution in [0.2, 0.25) is 0 Å². The minimum atomic E-state index is -0.672. The van der Waals surface area contributed by atoms with Gasteiger partial charge in [-0.2, -0.15) is 0 Å². The fraction of sp³-hybridized carbons (Fsp3) is 0.158. The number of nitrogens with one attached hydrogen (secondary N) is 1. The highest BCUT2D eigenvalue weighted by Gasteiger charge is 2.13. The van der Waals surface area contributed by atoms with Crippen molar-refractivity contribution < 1.29 is 14.8 Å². The van der Waals surface area contributed by atoms with Gasteiger partial charge in [0.25, 0.3) is 0 Å². The molecule has 0 saturated heterocycles. The topological polar surface area (TPSA) is 105 Å². The summed E-state index contributed by atoms with van der Waals surface area (Å²) in [7, 11) is 0. The first-order valence-electron chi connectivity index (χ1n) is 8.27. The van der Waals surface area contributed by atoms with Crippen LogP contribution < -0.4 is 5.32 Å². The van der Waals surface area contributed by atoms with Crippen molar-refractivity contribution in [2.24, 2.45) is 4.99 Å². The van der Waals surface area contributed by atoms with E-state index in [-0.39, 0.29) is 5.78 Å². The van der Waals surface area contributed by atoms with Crippen molar-refractivity contribution in [2.45, 2.75) is 6.42 Å². The largest absolute Gasteiger partial charge is 0.502 e. The molecule has 2 aromatic rings. The zero-order chi connectivity index (χ0) is 19.2. The normalized spacial score (nSPS) is 14.0. The molecule has 2 aromatic carbocycles. The quantitative estimate of drug-likeness (QED) is 0.349. The maximum absolute atomic E-state index is 12.3. The molecule has 3 rings (SSSR count). The number of phenolic OH excluding ortho intramolecular Hbond substituents is 1. The number of carbonyl (C=O) groups is 1. The SMILES string of the molecule is O=C(C=Cc1ccc(O)c([N+](=O)[O-])c1)c1ccc(NC2=NCCCS2)cc1. The van der Waals surface area contributed by atoms with Crippen LogP contribution in [0.4, 0.5) is 11.4 Å². The number of aliphatic imine (C=N–C) groups is 1. The Hall–Kier alpha value is -3.13. The van der Waals surface area contributed by atoms with Gasteiger partial charge in [0.15, 0.2) is 16.7 Å². The number of phenols is 1. The van der Waals surface area contributed by atoms with Crippen molar-refractivity contribution in [2.75, 3.05) is 17.6 Å². The summed E-state index contributed by atoms with van der Waals surface area (Å²) in [6, 6.07) is 11.0. The van der Waals surface area contributed by atoms with Crippen LogP contribution in [0.5, 0.6) is 5.75 Å². The Bertz CT molecular complexity index is 923. The third kappa shape index (κ3) is 4.95. The second-order valence-corrected chi connectivity index (χ2v) is 6.88. The number of nitro groups is 1. The Morgan fingerprint density at radius 3 is 2.70 bits per heavy atom. The average Bonchev–Trinajstić information content (AvgIpc) is 2.68. The summed E-state index contributed by atoms with van der Waals surface area (Å²) in [5.41, 5.74) is 1.42. The number of aromatic hydroxyl groups is 1. The first-order chi connectivity index (χ1) is 13.0. The molecule has 138 valence electrons. The smallest absolute Gasteiger partial charge is 0.311 e. The van der Waals surface area contributed by atoms with E-state index in [9.17, 15) is 20.0 Å². The van der Waals surface area contributed by atoms with E-state index in [1.165, 1.54) is 30.4 Å². The van der Waals surface area contributed by atoms with Gasteiger partial charge in [-0.05, 0) is 48.4 Å². The van der Waals surface area contributed by atoms with Crippen molar-refractivity contribution in [1.29, 1.82) is 0 Å². The van der Waals surface area contributed by atoms with Crippen LogP contribution >= 0.6 is 11.8 Å². The lowest BCUT2D eigenvalue weighted by molar-refractivity contribution is -0.385. The highest BCUT2D eigenvalue weighted by Crippen LogP contribution is 2.26. The third-order valence-electron chi connectivity index (χ3n) is 3.84. The minimum Gasteiger partial charge on any atom is -0.502 e. The molecule has 27 heavy (non-hydrogen) atoms. The number of rotatable bonds is 5. The van der Waals surface area contributed by atoms with E-state index in [1.54, 1.807) is 23.9 Å². The zero-order valence-electron chi connectivity index (χ0n) is 14.3. The molecular weight excluding hydrogens is 366 g/mol. The Morgan fingerprint density at radius 2 is 2.04 bits per heavy atom. The van der Waals surface area contributed by atoms with Gasteiger partial charge in [-0.15, -0.1) is 0 Å². The average molecular weight is 383 g/mol. The van der Waals surface area contributed by atoms with Crippen molar-refractivity contribution in [1.82, 2.24) is 0 Å². The monoisotopic (exact) mass is 383 g/mol. The second-order valence-electron chi connectivity index (χ2n) is 5.79. The number of ketones is 1. The Morgan fingerprint density at radius 1 is 1.26 bits per heavy atom. The second kappa shape index (κ2) is 8.50. The molecule has 0 aromatic heterocycles. The molecule has 1 aliphatic rings. The predicted octanol–water partition coefficient (Wildman–Crippen LogP) is 4.10. The van der Waals surface area contributed by atoms with Crippen LogP contribution in [0.15, 0.2) is 53.5 Å². The van der Waals surface area contributed by atoms with Crippen LogP contribution in [0.25, 0.3) is 6.08 Å². The highest BCUT2D eigenvalue weighted by atomic mass is 32.2. The van der Waals surface area contributed by atoms with Gasteiger partial charge in [-0.3, -0.25) is 19.9 Å². The van der Waals surface area contributed by atoms with Gasteiger partial charge < -0.3 is 10.4 Å². The first kappa shape index (κ1) is 18.7. The summed E-state index contributed by atoms with van der Waals surface area (Å²) in [6.45, 7) is 0.826. The molecule has 0 unspecified atom stereocenters. The number of carbonyl (C=O) groups excluding carboxylic acids is 1. The summed E-state index contributed by atoms with van der Waals surface area (Å²) in [6.07, 6.45) is 3.91. The molecular formula is C19H17N3O4S. The number of hydrogen-bond donors (Lipinski definition) is 2. The minimum absolute atomic E-state index is 0.221. The number of benzene rings is 2. The number of hydrogen-bond acceptors (Lipinski definition) is 7. The van der Waals surface area contributed by atoms with Crippen LogP contribution in [0, 0.1) is 10.1 Å². The lowest BCUT2D eigenvalue weighted by Crippen LogP contribution is -2.13. The van der Waals surface area contributed by atoms with Gasteiger partial charge in [0, 0.05) is 29.6 Å². The molecule has 0 amide bonds. The molecule has 1 heterocycles. The van der Waals surface area contributed by atoms with Gasteiger partial charge in [0.2, 0.25) is 0 Å². The van der Waals surface area contributed by atoms with Gasteiger partial charge in [-0.1, -0.05) is 23.9 Å². The molecule has 0 atom stereocenters. The molecule has 8 heteroatoms. The molecule has 0 fully saturated rings. The number of nitrogens with zero attached hydrogens (tertiary/aromatic N) is 2. The lowest BCUT2D eigenvalue weighted by Gasteiger charge is -2.13. The number of anilines is 1. The summed E-state index contributed by atoms with van der Waals surface area (Å²) in [5, 5.41) is 24.4. The standard InChI is InChI=1S/C19H17N3O4S/c23-17(8-2-13-3-9-18(24)16(12-13)22(25)26)14-4-6-15(7-5-14)21-19-20-10-1-11-27-19/h2-9,12,24H,1,10-11H2,(H,20,21). The summed E-state index contributed by atoms with van der Waals surface area (Å²) in [4.78, 5) is 26.9. The van der Waals surface area contributed by atoms with Crippen molar-refractivity contribution in [3.05, 3.63) is 69.8 Å². The van der Waals surface area contributed by atoms with E-state index in [2.05, 4.69) is 10.3 Å². The number of nitro benzene ring substituents is 1. The molecule has 0 spiro atoms. The summed E-state index contributed by atoms with van der Waals surface area (Å²) in [5.74, 6) is 0.414. The summed E-state index contributed by atoms with van der Waals surface area (Å²) >= 11 is 1.67. The predicted molar refractivity (Wildman–Crippen MR) is 108 cm³/mol. The molecule has 7 nitrogen and oxygen atoms in total. The molecule has 0 bridgehead atoms. The molecule has 2 N–H and O–H groups in total. The molecule has 0 aliphatic carbocycles. The van der Waals surface area contributed by atoms with Crippen LogP contribution in [-0.2, 0) is 0 Å². The highest BCUT2D eigenvalue weighted by molar-refractivity contribution is 8.14. The van der Waals surface area contributed by atoms with E-state index < -0.39 is 16.4 Å². The van der Waals surface area contributed by atoms with Crippen molar-refractivity contribution >= 4 is 40.2 Å². The van der Waals surface area contributed by atoms with E-state index in [0.29, 0.717) is 11.1 Å². The Kier molecular flexibility index (Phi) is 5.87. The van der Waals surface area contributed by atoms with Crippen LogP contribution in [-0.4, -0.2) is 33.3 Å². The van der Waals surface area contributed by atoms with Gasteiger partial charge in [0.1, 0.15) is 0 Å². The molecule has 1 aliphatic heterocycles. The Labute approximate surface area is 160 Å². The van der Waals surface area contributed by atoms with Crippen molar-refractivity contribution in [3.63, 3.8) is 0 Å². The third-order valence-corrected chi connectivity index (χ3v) is 4.84. The number of amidine groups is 1. The summed E-state index contributed by atoms with van der Waals surface area (Å²) < 4.78 is 0. The van der Waals surface area contributed by atoms with E-state index >= 15 is 0 Å². The zero-order valence-corrected chi connectivity index (χ0v) is 15.1. The number of allylic oxidation sites excluding steroid dienone is 1. The molecule has 0 saturated carbocycles. The lowest BCUT2D eigenvalue weighted by atomic mass is 10.1. The van der Waals surface area contributed by atoms with Gasteiger partial charge >= 0.3 is 5.69 Å². The van der Waals surface area contributed by atoms with Crippen molar-refractivity contribution in [3.8, 4) is 5.75 Å². The van der Waals surface area contributed by atoms with E-state index in [0.717, 1.165) is 29.6 Å². The fourth-order valence-electron chi connectivity index (χ4n) is 2.44. The maximum atomic E-state index is 12.3. The number of thioether (sulfide) groups is 1. The van der Waals surface area contributed by atoms with Gasteiger partial charge in [0.05, 0.1) is 4.92 Å². The fourth-order valence-corrected chi connectivity index (χ4v) is 3.27. The molecule has 0 radical (unpaired) electrons.